The number of hydrogen-bond donors (Lipinski definition) is 1. The number of thioether (sulfide) groups is 2. The molecule has 0 aliphatic carbocycles. The zero-order chi connectivity index (χ0) is 14.8. The van der Waals surface area contributed by atoms with E-state index in [2.05, 4.69) is 64.9 Å². The highest BCUT2D eigenvalue weighted by Gasteiger charge is 2.29. The van der Waals surface area contributed by atoms with Crippen LogP contribution in [0.15, 0.2) is 64.5 Å². The van der Waals surface area contributed by atoms with Crippen LogP contribution >= 0.6 is 23.5 Å². The van der Waals surface area contributed by atoms with E-state index in [1.54, 1.807) is 0 Å². The van der Waals surface area contributed by atoms with Gasteiger partial charge in [-0.15, -0.1) is 11.8 Å². The van der Waals surface area contributed by atoms with E-state index >= 15 is 0 Å². The third-order valence-corrected chi connectivity index (χ3v) is 6.35. The Morgan fingerprint density at radius 2 is 1.82 bits per heavy atom. The first-order chi connectivity index (χ1) is 10.9. The largest absolute Gasteiger partial charge is 0.358 e. The fourth-order valence-corrected chi connectivity index (χ4v) is 5.17. The Morgan fingerprint density at radius 1 is 1.00 bits per heavy atom. The van der Waals surface area contributed by atoms with Gasteiger partial charge in [-0.2, -0.15) is 0 Å². The Balaban J connectivity index is 1.64. The Bertz CT molecular complexity index is 684. The van der Waals surface area contributed by atoms with Crippen LogP contribution < -0.4 is 5.32 Å². The predicted octanol–water partition coefficient (Wildman–Crippen LogP) is 4.66. The fraction of sp³-hybridized carbons (Fsp3) is 0.278. The Morgan fingerprint density at radius 3 is 2.64 bits per heavy atom. The molecule has 4 heteroatoms. The minimum absolute atomic E-state index is 0.354. The number of nitrogens with one attached hydrogen (secondary N) is 1. The lowest BCUT2D eigenvalue weighted by Gasteiger charge is -2.32. The van der Waals surface area contributed by atoms with Gasteiger partial charge in [0.15, 0.2) is 5.17 Å². The van der Waals surface area contributed by atoms with Gasteiger partial charge in [-0.05, 0) is 23.6 Å². The minimum atomic E-state index is 0.354. The maximum absolute atomic E-state index is 4.56. The summed E-state index contributed by atoms with van der Waals surface area (Å²) in [5.41, 5.74) is 2.82. The van der Waals surface area contributed by atoms with Crippen molar-refractivity contribution in [2.24, 2.45) is 4.99 Å². The van der Waals surface area contributed by atoms with Crippen molar-refractivity contribution in [1.29, 1.82) is 0 Å². The van der Waals surface area contributed by atoms with E-state index < -0.39 is 0 Å². The molecule has 0 bridgehead atoms. The molecule has 2 aromatic carbocycles. The summed E-state index contributed by atoms with van der Waals surface area (Å²) in [4.78, 5) is 5.95. The lowest BCUT2D eigenvalue weighted by molar-refractivity contribution is 0.567. The molecule has 0 amide bonds. The van der Waals surface area contributed by atoms with Crippen molar-refractivity contribution < 1.29 is 0 Å². The van der Waals surface area contributed by atoms with Crippen molar-refractivity contribution in [3.05, 3.63) is 65.7 Å². The van der Waals surface area contributed by atoms with E-state index in [9.17, 15) is 0 Å². The molecule has 2 heterocycles. The maximum Gasteiger partial charge on any atom is 0.157 e. The highest BCUT2D eigenvalue weighted by Crippen LogP contribution is 2.48. The van der Waals surface area contributed by atoms with Gasteiger partial charge in [0.05, 0.1) is 12.6 Å². The van der Waals surface area contributed by atoms with Crippen molar-refractivity contribution in [2.75, 3.05) is 12.3 Å². The zero-order valence-corrected chi connectivity index (χ0v) is 13.9. The first-order valence-corrected chi connectivity index (χ1v) is 9.51. The second-order valence-corrected chi connectivity index (χ2v) is 7.85. The number of hydrogen-bond acceptors (Lipinski definition) is 4. The number of nitrogens with zero attached hydrogens (tertiary/aromatic N) is 1. The summed E-state index contributed by atoms with van der Waals surface area (Å²) in [6.07, 6.45) is 1.10. The summed E-state index contributed by atoms with van der Waals surface area (Å²) >= 11 is 3.82. The quantitative estimate of drug-likeness (QED) is 0.869. The van der Waals surface area contributed by atoms with Gasteiger partial charge in [-0.1, -0.05) is 60.3 Å². The third-order valence-electron chi connectivity index (χ3n) is 4.07. The van der Waals surface area contributed by atoms with Crippen molar-refractivity contribution >= 4 is 28.7 Å². The number of aliphatic imine (C=N–C) groups is 1. The van der Waals surface area contributed by atoms with Crippen LogP contribution in [0.3, 0.4) is 0 Å². The first-order valence-electron chi connectivity index (χ1n) is 7.64. The first kappa shape index (κ1) is 14.2. The van der Waals surface area contributed by atoms with Crippen molar-refractivity contribution in [3.8, 4) is 0 Å². The molecule has 0 saturated heterocycles. The molecule has 1 N–H and O–H groups in total. The van der Waals surface area contributed by atoms with Crippen LogP contribution in [0.5, 0.6) is 0 Å². The summed E-state index contributed by atoms with van der Waals surface area (Å²) < 4.78 is 0. The summed E-state index contributed by atoms with van der Waals surface area (Å²) in [7, 11) is 0. The Labute approximate surface area is 139 Å². The predicted molar refractivity (Wildman–Crippen MR) is 96.7 cm³/mol. The summed E-state index contributed by atoms with van der Waals surface area (Å²) in [5.74, 6) is 1.10. The molecule has 2 aliphatic rings. The SMILES string of the molecule is c1ccc(C2CC(NC3=NCCS3)c3ccccc3S2)cc1. The number of fused-ring (bicyclic) bond motifs is 1. The smallest absolute Gasteiger partial charge is 0.157 e. The summed E-state index contributed by atoms with van der Waals surface area (Å²) in [6.45, 7) is 0.943. The van der Waals surface area contributed by atoms with Crippen LogP contribution in [0.25, 0.3) is 0 Å². The Kier molecular flexibility index (Phi) is 4.13. The number of benzene rings is 2. The van der Waals surface area contributed by atoms with Crippen LogP contribution in [-0.4, -0.2) is 17.5 Å². The summed E-state index contributed by atoms with van der Waals surface area (Å²) in [6, 6.07) is 20.0. The van der Waals surface area contributed by atoms with Gasteiger partial charge >= 0.3 is 0 Å². The molecule has 2 unspecified atom stereocenters. The van der Waals surface area contributed by atoms with Crippen LogP contribution in [0, 0.1) is 0 Å². The molecule has 2 atom stereocenters. The molecule has 4 rings (SSSR count). The van der Waals surface area contributed by atoms with Crippen LogP contribution in [-0.2, 0) is 0 Å². The molecule has 0 fully saturated rings. The molecule has 0 spiro atoms. The standard InChI is InChI=1S/C18H18N2S2/c1-2-6-13(7-3-1)17-12-15(20-18-19-10-11-21-18)14-8-4-5-9-16(14)22-17/h1-9,15,17H,10-12H2,(H,19,20). The number of amidine groups is 1. The van der Waals surface area contributed by atoms with Gasteiger partial charge in [0.1, 0.15) is 0 Å². The molecule has 2 aliphatic heterocycles. The molecule has 2 aromatic rings. The Hall–Kier alpha value is -1.39. The molecular weight excluding hydrogens is 308 g/mol. The van der Waals surface area contributed by atoms with Gasteiger partial charge in [0, 0.05) is 15.9 Å². The number of rotatable bonds is 2. The lowest BCUT2D eigenvalue weighted by Crippen LogP contribution is -2.28. The second-order valence-electron chi connectivity index (χ2n) is 5.52. The fourth-order valence-electron chi connectivity index (χ4n) is 3.00. The monoisotopic (exact) mass is 326 g/mol. The molecule has 0 aromatic heterocycles. The third kappa shape index (κ3) is 2.90. The highest BCUT2D eigenvalue weighted by molar-refractivity contribution is 8.14. The van der Waals surface area contributed by atoms with E-state index in [0.717, 1.165) is 23.9 Å². The van der Waals surface area contributed by atoms with E-state index in [4.69, 9.17) is 0 Å². The molecular formula is C18H18N2S2. The topological polar surface area (TPSA) is 24.4 Å². The zero-order valence-electron chi connectivity index (χ0n) is 12.2. The van der Waals surface area contributed by atoms with Gasteiger partial charge in [-0.3, -0.25) is 4.99 Å². The van der Waals surface area contributed by atoms with E-state index in [-0.39, 0.29) is 0 Å². The van der Waals surface area contributed by atoms with Crippen molar-refractivity contribution in [3.63, 3.8) is 0 Å². The molecule has 112 valence electrons. The van der Waals surface area contributed by atoms with Crippen LogP contribution in [0.1, 0.15) is 28.8 Å². The van der Waals surface area contributed by atoms with E-state index in [1.165, 1.54) is 16.0 Å². The van der Waals surface area contributed by atoms with Crippen molar-refractivity contribution in [2.45, 2.75) is 22.6 Å². The van der Waals surface area contributed by atoms with Crippen LogP contribution in [0.4, 0.5) is 0 Å². The molecule has 0 saturated carbocycles. The highest BCUT2D eigenvalue weighted by atomic mass is 32.2. The van der Waals surface area contributed by atoms with E-state index in [0.29, 0.717) is 11.3 Å². The minimum Gasteiger partial charge on any atom is -0.358 e. The van der Waals surface area contributed by atoms with E-state index in [1.807, 2.05) is 23.5 Å². The molecule has 0 radical (unpaired) electrons. The molecule has 22 heavy (non-hydrogen) atoms. The van der Waals surface area contributed by atoms with Gasteiger partial charge < -0.3 is 5.32 Å². The van der Waals surface area contributed by atoms with Gasteiger partial charge in [0.25, 0.3) is 0 Å². The maximum atomic E-state index is 4.56. The molecule has 2 nitrogen and oxygen atoms in total. The normalized spacial score (nSPS) is 23.7. The second kappa shape index (κ2) is 6.39. The average Bonchev–Trinajstić information content (AvgIpc) is 3.09. The average molecular weight is 326 g/mol. The van der Waals surface area contributed by atoms with Crippen molar-refractivity contribution in [1.82, 2.24) is 5.32 Å². The summed E-state index contributed by atoms with van der Waals surface area (Å²) in [5, 5.41) is 5.28. The van der Waals surface area contributed by atoms with Crippen LogP contribution in [0.2, 0.25) is 0 Å². The van der Waals surface area contributed by atoms with Gasteiger partial charge in [0.2, 0.25) is 0 Å². The lowest BCUT2D eigenvalue weighted by atomic mass is 9.98. The van der Waals surface area contributed by atoms with Gasteiger partial charge in [-0.25, -0.2) is 0 Å².